The van der Waals surface area contributed by atoms with Gasteiger partial charge in [0.1, 0.15) is 5.82 Å². The van der Waals surface area contributed by atoms with Gasteiger partial charge in [0, 0.05) is 14.7 Å². The highest BCUT2D eigenvalue weighted by atomic mass is 127. The number of halogens is 3. The largest absolute Gasteiger partial charge is 0.289 e. The molecule has 0 saturated carbocycles. The molecule has 1 nitrogen and oxygen atoms in total. The van der Waals surface area contributed by atoms with Gasteiger partial charge < -0.3 is 0 Å². The fraction of sp³-hybridized carbons (Fsp3) is 0. The van der Waals surface area contributed by atoms with Gasteiger partial charge in [-0.3, -0.25) is 4.79 Å². The van der Waals surface area contributed by atoms with E-state index in [-0.39, 0.29) is 16.4 Å². The average molecular weight is 361 g/mol. The van der Waals surface area contributed by atoms with E-state index in [0.717, 1.165) is 9.64 Å². The number of carbonyl (C=O) groups is 1. The minimum Gasteiger partial charge on any atom is -0.289 e. The van der Waals surface area contributed by atoms with Crippen molar-refractivity contribution in [2.75, 3.05) is 0 Å². The maximum atomic E-state index is 13.1. The maximum absolute atomic E-state index is 13.1. The first-order valence-electron chi connectivity index (χ1n) is 4.83. The molecule has 0 aliphatic carbocycles. The number of hydrogen-bond donors (Lipinski definition) is 0. The van der Waals surface area contributed by atoms with Crippen LogP contribution in [0.15, 0.2) is 42.5 Å². The van der Waals surface area contributed by atoms with E-state index in [2.05, 4.69) is 22.6 Å². The van der Waals surface area contributed by atoms with E-state index >= 15 is 0 Å². The first kappa shape index (κ1) is 12.5. The molecule has 4 heteroatoms. The summed E-state index contributed by atoms with van der Waals surface area (Å²) in [6, 6.07) is 10.9. The molecule has 86 valence electrons. The maximum Gasteiger partial charge on any atom is 0.194 e. The van der Waals surface area contributed by atoms with E-state index in [1.54, 1.807) is 18.2 Å². The van der Waals surface area contributed by atoms with Gasteiger partial charge in [0.25, 0.3) is 0 Å². The monoisotopic (exact) mass is 360 g/mol. The average Bonchev–Trinajstić information content (AvgIpc) is 2.31. The molecule has 0 aliphatic rings. The van der Waals surface area contributed by atoms with Gasteiger partial charge in [0.05, 0.1) is 5.02 Å². The van der Waals surface area contributed by atoms with E-state index in [1.165, 1.54) is 12.1 Å². The zero-order valence-corrected chi connectivity index (χ0v) is 11.5. The molecule has 0 radical (unpaired) electrons. The van der Waals surface area contributed by atoms with Gasteiger partial charge in [-0.2, -0.15) is 0 Å². The molecule has 0 spiro atoms. The zero-order chi connectivity index (χ0) is 12.4. The van der Waals surface area contributed by atoms with Crippen LogP contribution in [0.2, 0.25) is 5.02 Å². The number of hydrogen-bond acceptors (Lipinski definition) is 1. The predicted molar refractivity (Wildman–Crippen MR) is 74.0 cm³/mol. The quantitative estimate of drug-likeness (QED) is 0.576. The summed E-state index contributed by atoms with van der Waals surface area (Å²) in [4.78, 5) is 12.1. The lowest BCUT2D eigenvalue weighted by molar-refractivity contribution is 0.103. The summed E-state index contributed by atoms with van der Waals surface area (Å²) in [7, 11) is 0. The van der Waals surface area contributed by atoms with Crippen LogP contribution in [0, 0.1) is 9.39 Å². The van der Waals surface area contributed by atoms with Gasteiger partial charge in [0.15, 0.2) is 5.78 Å². The summed E-state index contributed by atoms with van der Waals surface area (Å²) in [6.07, 6.45) is 0. The molecular formula is C13H7ClFIO. The molecule has 17 heavy (non-hydrogen) atoms. The topological polar surface area (TPSA) is 17.1 Å². The van der Waals surface area contributed by atoms with Crippen LogP contribution in [0.5, 0.6) is 0 Å². The molecule has 0 aliphatic heterocycles. The molecule has 0 saturated heterocycles. The summed E-state index contributed by atoms with van der Waals surface area (Å²) < 4.78 is 14.0. The SMILES string of the molecule is O=C(c1cccc(I)c1)c1cc(F)ccc1Cl. The van der Waals surface area contributed by atoms with Gasteiger partial charge in [0.2, 0.25) is 0 Å². The van der Waals surface area contributed by atoms with Crippen LogP contribution < -0.4 is 0 Å². The number of rotatable bonds is 2. The predicted octanol–water partition coefficient (Wildman–Crippen LogP) is 4.31. The number of benzene rings is 2. The summed E-state index contributed by atoms with van der Waals surface area (Å²) in [5.41, 5.74) is 0.693. The molecular weight excluding hydrogens is 353 g/mol. The highest BCUT2D eigenvalue weighted by Gasteiger charge is 2.13. The Hall–Kier alpha value is -0.940. The van der Waals surface area contributed by atoms with Crippen molar-refractivity contribution in [3.8, 4) is 0 Å². The lowest BCUT2D eigenvalue weighted by Crippen LogP contribution is -2.03. The Morgan fingerprint density at radius 2 is 1.94 bits per heavy atom. The van der Waals surface area contributed by atoms with Crippen LogP contribution in [0.3, 0.4) is 0 Å². The molecule has 0 unspecified atom stereocenters. The highest BCUT2D eigenvalue weighted by molar-refractivity contribution is 14.1. The van der Waals surface area contributed by atoms with Crippen molar-refractivity contribution in [1.29, 1.82) is 0 Å². The van der Waals surface area contributed by atoms with Crippen molar-refractivity contribution in [3.05, 3.63) is 68.0 Å². The van der Waals surface area contributed by atoms with E-state index in [4.69, 9.17) is 11.6 Å². The van der Waals surface area contributed by atoms with Crippen LogP contribution in [0.4, 0.5) is 4.39 Å². The second-order valence-corrected chi connectivity index (χ2v) is 5.12. The molecule has 2 aromatic carbocycles. The molecule has 0 amide bonds. The van der Waals surface area contributed by atoms with Gasteiger partial charge in [-0.1, -0.05) is 23.7 Å². The molecule has 0 N–H and O–H groups in total. The fourth-order valence-corrected chi connectivity index (χ4v) is 2.20. The summed E-state index contributed by atoms with van der Waals surface area (Å²) in [5.74, 6) is -0.739. The fourth-order valence-electron chi connectivity index (χ4n) is 1.46. The third-order valence-corrected chi connectivity index (χ3v) is 3.26. The Labute approximate surface area is 117 Å². The van der Waals surface area contributed by atoms with Crippen molar-refractivity contribution >= 4 is 40.0 Å². The van der Waals surface area contributed by atoms with Crippen LogP contribution in [0.25, 0.3) is 0 Å². The molecule has 2 rings (SSSR count). The standard InChI is InChI=1S/C13H7ClFIO/c14-12-5-4-9(15)7-11(12)13(17)8-2-1-3-10(16)6-8/h1-7H. The first-order valence-corrected chi connectivity index (χ1v) is 6.29. The first-order chi connectivity index (χ1) is 8.08. The van der Waals surface area contributed by atoms with Gasteiger partial charge in [-0.15, -0.1) is 0 Å². The second-order valence-electron chi connectivity index (χ2n) is 3.46. The lowest BCUT2D eigenvalue weighted by atomic mass is 10.0. The van der Waals surface area contributed by atoms with Crippen LogP contribution in [-0.4, -0.2) is 5.78 Å². The van der Waals surface area contributed by atoms with Crippen molar-refractivity contribution in [2.45, 2.75) is 0 Å². The molecule has 0 atom stereocenters. The van der Waals surface area contributed by atoms with E-state index in [0.29, 0.717) is 5.56 Å². The molecule has 0 fully saturated rings. The Kier molecular flexibility index (Phi) is 3.79. The van der Waals surface area contributed by atoms with Crippen LogP contribution >= 0.6 is 34.2 Å². The van der Waals surface area contributed by atoms with Crippen molar-refractivity contribution < 1.29 is 9.18 Å². The van der Waals surface area contributed by atoms with Gasteiger partial charge in [-0.05, 0) is 52.9 Å². The van der Waals surface area contributed by atoms with Crippen LogP contribution in [0.1, 0.15) is 15.9 Å². The highest BCUT2D eigenvalue weighted by Crippen LogP contribution is 2.21. The third-order valence-electron chi connectivity index (χ3n) is 2.26. The lowest BCUT2D eigenvalue weighted by Gasteiger charge is -2.04. The second kappa shape index (κ2) is 5.14. The van der Waals surface area contributed by atoms with Crippen molar-refractivity contribution in [1.82, 2.24) is 0 Å². The molecule has 0 bridgehead atoms. The Balaban J connectivity index is 2.47. The number of carbonyl (C=O) groups excluding carboxylic acids is 1. The summed E-state index contributed by atoms with van der Waals surface area (Å²) in [5, 5.41) is 0.260. The third kappa shape index (κ3) is 2.84. The minimum absolute atomic E-state index is 0.189. The van der Waals surface area contributed by atoms with Crippen molar-refractivity contribution in [3.63, 3.8) is 0 Å². The number of ketones is 1. The van der Waals surface area contributed by atoms with Gasteiger partial charge in [-0.25, -0.2) is 4.39 Å². The molecule has 0 aromatic heterocycles. The van der Waals surface area contributed by atoms with Crippen LogP contribution in [-0.2, 0) is 0 Å². The molecule has 0 heterocycles. The van der Waals surface area contributed by atoms with Crippen molar-refractivity contribution in [2.24, 2.45) is 0 Å². The van der Waals surface area contributed by atoms with E-state index in [1.807, 2.05) is 6.07 Å². The van der Waals surface area contributed by atoms with E-state index in [9.17, 15) is 9.18 Å². The summed E-state index contributed by atoms with van der Waals surface area (Å²) >= 11 is 8.01. The summed E-state index contributed by atoms with van der Waals surface area (Å²) in [6.45, 7) is 0. The molecule has 2 aromatic rings. The normalized spacial score (nSPS) is 10.3. The zero-order valence-electron chi connectivity index (χ0n) is 8.58. The van der Waals surface area contributed by atoms with Gasteiger partial charge >= 0.3 is 0 Å². The smallest absolute Gasteiger partial charge is 0.194 e. The Morgan fingerprint density at radius 1 is 1.18 bits per heavy atom. The Morgan fingerprint density at radius 3 is 2.65 bits per heavy atom. The minimum atomic E-state index is -0.469. The Bertz CT molecular complexity index is 583. The van der Waals surface area contributed by atoms with E-state index < -0.39 is 5.82 Å².